The molecule has 1 heterocycles. The van der Waals surface area contributed by atoms with E-state index < -0.39 is 0 Å². The van der Waals surface area contributed by atoms with Crippen LogP contribution in [0.5, 0.6) is 0 Å². The molecule has 0 aliphatic heterocycles. The van der Waals surface area contributed by atoms with E-state index in [0.29, 0.717) is 5.69 Å². The number of nitrogens with zero attached hydrogens (tertiary/aromatic N) is 2. The Morgan fingerprint density at radius 2 is 2.40 bits per heavy atom. The molecule has 4 nitrogen and oxygen atoms in total. The predicted octanol–water partition coefficient (Wildman–Crippen LogP) is -1.82. The van der Waals surface area contributed by atoms with Crippen LogP contribution >= 0.6 is 0 Å². The Kier molecular flexibility index (Phi) is 5.10. The van der Waals surface area contributed by atoms with Crippen LogP contribution < -0.4 is 35.0 Å². The average molecular weight is 146 g/mol. The minimum atomic E-state index is 0. The maximum Gasteiger partial charge on any atom is 1.00 e. The summed E-state index contributed by atoms with van der Waals surface area (Å²) in [6.45, 7) is 0. The summed E-state index contributed by atoms with van der Waals surface area (Å²) >= 11 is 0. The van der Waals surface area contributed by atoms with Crippen LogP contribution in [0, 0.1) is 4.91 Å². The summed E-state index contributed by atoms with van der Waals surface area (Å²) in [5, 5.41) is 2.47. The fourth-order valence-electron chi connectivity index (χ4n) is 0.482. The Labute approximate surface area is 80.3 Å². The summed E-state index contributed by atoms with van der Waals surface area (Å²) < 4.78 is 0. The molecule has 5 heteroatoms. The van der Waals surface area contributed by atoms with Crippen LogP contribution in [0.3, 0.4) is 0 Å². The average Bonchev–Trinajstić information content (AvgIpc) is 1.91. The smallest absolute Gasteiger partial charge is 0.263 e. The minimum Gasteiger partial charge on any atom is -0.263 e. The Morgan fingerprint density at radius 3 is 2.90 bits per heavy atom. The first-order valence-electron chi connectivity index (χ1n) is 2.42. The van der Waals surface area contributed by atoms with Gasteiger partial charge >= 0.3 is 29.6 Å². The third-order valence-corrected chi connectivity index (χ3v) is 0.836. The van der Waals surface area contributed by atoms with Crippen molar-refractivity contribution in [1.29, 1.82) is 0 Å². The zero-order valence-electron chi connectivity index (χ0n) is 5.61. The maximum absolute atomic E-state index is 9.59. The Morgan fingerprint density at radius 1 is 1.60 bits per heavy atom. The molecule has 0 amide bonds. The number of rotatable bonds is 2. The molecule has 0 saturated heterocycles. The van der Waals surface area contributed by atoms with E-state index in [1.165, 1.54) is 6.20 Å². The summed E-state index contributed by atoms with van der Waals surface area (Å²) in [6, 6.07) is 3.42. The number of nitrogens with one attached hydrogen (secondary N) is 1. The molecule has 0 saturated carbocycles. The molecular formula is C5H5N3NaO+. The fourth-order valence-corrected chi connectivity index (χ4v) is 0.482. The van der Waals surface area contributed by atoms with Gasteiger partial charge in [-0.05, 0) is 12.1 Å². The summed E-state index contributed by atoms with van der Waals surface area (Å²) in [5.74, 6) is 0. The van der Waals surface area contributed by atoms with Gasteiger partial charge in [-0.3, -0.25) is 4.98 Å². The monoisotopic (exact) mass is 146 g/mol. The van der Waals surface area contributed by atoms with E-state index in [2.05, 4.69) is 15.7 Å². The van der Waals surface area contributed by atoms with Gasteiger partial charge < -0.3 is 0 Å². The van der Waals surface area contributed by atoms with Crippen LogP contribution in [0.1, 0.15) is 0 Å². The molecule has 0 radical (unpaired) electrons. The molecule has 0 atom stereocenters. The molecular weight excluding hydrogens is 141 g/mol. The van der Waals surface area contributed by atoms with Crippen LogP contribution in [-0.4, -0.2) is 4.98 Å². The van der Waals surface area contributed by atoms with Crippen LogP contribution in [0.2, 0.25) is 0 Å². The Bertz CT molecular complexity index is 191. The SMILES string of the molecule is O=NNc1cccnc1.[Na+]. The van der Waals surface area contributed by atoms with E-state index in [9.17, 15) is 4.91 Å². The molecule has 0 aliphatic rings. The molecule has 0 aromatic carbocycles. The molecule has 0 spiro atoms. The van der Waals surface area contributed by atoms with Crippen molar-refractivity contribution < 1.29 is 29.6 Å². The van der Waals surface area contributed by atoms with Gasteiger partial charge in [0.05, 0.1) is 17.2 Å². The van der Waals surface area contributed by atoms with E-state index in [-0.39, 0.29) is 29.6 Å². The second-order valence-corrected chi connectivity index (χ2v) is 1.44. The summed E-state index contributed by atoms with van der Waals surface area (Å²) in [4.78, 5) is 13.3. The normalized spacial score (nSPS) is 7.60. The second kappa shape index (κ2) is 5.34. The predicted molar refractivity (Wildman–Crippen MR) is 33.7 cm³/mol. The molecule has 46 valence electrons. The van der Waals surface area contributed by atoms with E-state index in [1.54, 1.807) is 18.3 Å². The van der Waals surface area contributed by atoms with Gasteiger partial charge in [-0.25, -0.2) is 5.43 Å². The summed E-state index contributed by atoms with van der Waals surface area (Å²) in [5.41, 5.74) is 2.82. The van der Waals surface area contributed by atoms with Crippen LogP contribution in [0.15, 0.2) is 29.8 Å². The Balaban J connectivity index is 0.000000810. The van der Waals surface area contributed by atoms with Crippen molar-refractivity contribution in [3.63, 3.8) is 0 Å². The fraction of sp³-hybridized carbons (Fsp3) is 0. The molecule has 1 rings (SSSR count). The number of hydrogen-bond donors (Lipinski definition) is 1. The molecule has 0 unspecified atom stereocenters. The first kappa shape index (κ1) is 9.55. The van der Waals surface area contributed by atoms with E-state index in [0.717, 1.165) is 0 Å². The third kappa shape index (κ3) is 2.91. The zero-order chi connectivity index (χ0) is 6.53. The minimum absolute atomic E-state index is 0. The van der Waals surface area contributed by atoms with Crippen molar-refractivity contribution in [3.8, 4) is 0 Å². The topological polar surface area (TPSA) is 54.4 Å². The molecule has 10 heavy (non-hydrogen) atoms. The summed E-state index contributed by atoms with van der Waals surface area (Å²) in [6.07, 6.45) is 3.14. The molecule has 0 fully saturated rings. The molecule has 1 aromatic heterocycles. The van der Waals surface area contributed by atoms with Gasteiger partial charge in [-0.2, -0.15) is 0 Å². The number of hydrogen-bond acceptors (Lipinski definition) is 3. The van der Waals surface area contributed by atoms with Crippen molar-refractivity contribution >= 4 is 5.69 Å². The maximum atomic E-state index is 9.59. The van der Waals surface area contributed by atoms with Gasteiger partial charge in [-0.1, -0.05) is 0 Å². The van der Waals surface area contributed by atoms with Gasteiger partial charge in [0.2, 0.25) is 0 Å². The molecule has 1 N–H and O–H groups in total. The molecule has 1 aromatic rings. The quantitative estimate of drug-likeness (QED) is 0.303. The van der Waals surface area contributed by atoms with Gasteiger partial charge in [0, 0.05) is 6.20 Å². The Hall–Kier alpha value is -0.450. The van der Waals surface area contributed by atoms with Gasteiger partial charge in [0.1, 0.15) is 0 Å². The van der Waals surface area contributed by atoms with Gasteiger partial charge in [0.15, 0.2) is 0 Å². The van der Waals surface area contributed by atoms with Crippen molar-refractivity contribution in [2.24, 2.45) is 5.29 Å². The van der Waals surface area contributed by atoms with Crippen molar-refractivity contribution in [1.82, 2.24) is 4.98 Å². The van der Waals surface area contributed by atoms with Gasteiger partial charge in [0.25, 0.3) is 0 Å². The van der Waals surface area contributed by atoms with Crippen molar-refractivity contribution in [3.05, 3.63) is 29.4 Å². The third-order valence-electron chi connectivity index (χ3n) is 0.836. The standard InChI is InChI=1S/C5H5N3O.Na/c9-8-7-5-2-1-3-6-4-5;/h1-4H,(H,7,9);/q;+1. The number of pyridine rings is 1. The van der Waals surface area contributed by atoms with Crippen LogP contribution in [0.25, 0.3) is 0 Å². The number of nitroso groups, excluding NO2 is 1. The van der Waals surface area contributed by atoms with Gasteiger partial charge in [-0.15, -0.1) is 4.91 Å². The van der Waals surface area contributed by atoms with E-state index in [1.807, 2.05) is 0 Å². The second-order valence-electron chi connectivity index (χ2n) is 1.44. The van der Waals surface area contributed by atoms with Crippen LogP contribution in [0.4, 0.5) is 5.69 Å². The van der Waals surface area contributed by atoms with E-state index in [4.69, 9.17) is 0 Å². The zero-order valence-corrected chi connectivity index (χ0v) is 7.61. The van der Waals surface area contributed by atoms with Crippen LogP contribution in [-0.2, 0) is 0 Å². The largest absolute Gasteiger partial charge is 1.00 e. The molecule has 0 aliphatic carbocycles. The van der Waals surface area contributed by atoms with Crippen molar-refractivity contribution in [2.75, 3.05) is 5.43 Å². The summed E-state index contributed by atoms with van der Waals surface area (Å²) in [7, 11) is 0. The number of anilines is 1. The van der Waals surface area contributed by atoms with E-state index >= 15 is 0 Å². The first-order chi connectivity index (χ1) is 4.43. The number of aromatic nitrogens is 1. The van der Waals surface area contributed by atoms with Crippen molar-refractivity contribution in [2.45, 2.75) is 0 Å². The first-order valence-corrected chi connectivity index (χ1v) is 2.42. The molecule has 0 bridgehead atoms.